The van der Waals surface area contributed by atoms with Crippen LogP contribution in [-0.2, 0) is 0 Å². The normalized spacial score (nSPS) is 11.8. The van der Waals surface area contributed by atoms with Gasteiger partial charge in [-0.25, -0.2) is 4.98 Å². The number of fused-ring (bicyclic) bond motifs is 9. The van der Waals surface area contributed by atoms with Crippen molar-refractivity contribution < 1.29 is 4.42 Å². The second kappa shape index (κ2) is 10.5. The molecule has 5 heteroatoms. The molecule has 0 aliphatic carbocycles. The zero-order chi connectivity index (χ0) is 31.6. The van der Waals surface area contributed by atoms with Gasteiger partial charge in [-0.1, -0.05) is 127 Å². The van der Waals surface area contributed by atoms with Crippen molar-refractivity contribution in [3.05, 3.63) is 158 Å². The van der Waals surface area contributed by atoms with Gasteiger partial charge >= 0.3 is 0 Å². The van der Waals surface area contributed by atoms with Gasteiger partial charge in [0.25, 0.3) is 0 Å². The van der Waals surface area contributed by atoms with Crippen molar-refractivity contribution in [1.29, 1.82) is 0 Å². The Labute approximate surface area is 275 Å². The van der Waals surface area contributed by atoms with Gasteiger partial charge in [0.1, 0.15) is 11.2 Å². The van der Waals surface area contributed by atoms with Crippen LogP contribution >= 0.6 is 0 Å². The lowest BCUT2D eigenvalue weighted by Crippen LogP contribution is -2.06. The molecule has 0 spiro atoms. The molecule has 7 aromatic carbocycles. The Morgan fingerprint density at radius 3 is 1.75 bits per heavy atom. The Hall–Kier alpha value is -6.59. The Bertz CT molecular complexity index is 2760. The number of rotatable bonds is 4. The molecule has 3 heterocycles. The van der Waals surface area contributed by atoms with E-state index in [1.807, 2.05) is 66.7 Å². The SMILES string of the molecule is c1ccc(-c2ccc3c(c2)c2c4oc5ccc6ccccc6c5c4ccc2n3-c2nc(-c3ccccc3)nc(-c3ccccc3)n2)cc1. The van der Waals surface area contributed by atoms with Crippen LogP contribution < -0.4 is 0 Å². The van der Waals surface area contributed by atoms with E-state index in [0.717, 1.165) is 66.0 Å². The minimum atomic E-state index is 0.552. The van der Waals surface area contributed by atoms with Crippen LogP contribution in [-0.4, -0.2) is 19.5 Å². The summed E-state index contributed by atoms with van der Waals surface area (Å²) in [5, 5.41) is 6.69. The van der Waals surface area contributed by atoms with Crippen molar-refractivity contribution in [2.75, 3.05) is 0 Å². The van der Waals surface area contributed by atoms with E-state index in [4.69, 9.17) is 19.4 Å². The van der Waals surface area contributed by atoms with E-state index in [-0.39, 0.29) is 0 Å². The maximum absolute atomic E-state index is 6.80. The summed E-state index contributed by atoms with van der Waals surface area (Å²) in [5.74, 6) is 1.79. The number of aromatic nitrogens is 4. The second-order valence-corrected chi connectivity index (χ2v) is 12.0. The zero-order valence-electron chi connectivity index (χ0n) is 25.7. The van der Waals surface area contributed by atoms with Crippen LogP contribution in [0.4, 0.5) is 0 Å². The lowest BCUT2D eigenvalue weighted by molar-refractivity contribution is 0.673. The van der Waals surface area contributed by atoms with Gasteiger partial charge in [0.2, 0.25) is 5.95 Å². The minimum absolute atomic E-state index is 0.552. The van der Waals surface area contributed by atoms with Crippen LogP contribution in [0.3, 0.4) is 0 Å². The largest absolute Gasteiger partial charge is 0.455 e. The van der Waals surface area contributed by atoms with Gasteiger partial charge in [-0.3, -0.25) is 4.57 Å². The summed E-state index contributed by atoms with van der Waals surface area (Å²) >= 11 is 0. The van der Waals surface area contributed by atoms with Gasteiger partial charge in [0.05, 0.1) is 16.4 Å². The monoisotopic (exact) mass is 614 g/mol. The molecule has 0 aliphatic rings. The molecule has 10 aromatic rings. The summed E-state index contributed by atoms with van der Waals surface area (Å²) in [5.41, 5.74) is 7.82. The quantitative estimate of drug-likeness (QED) is 0.198. The first-order valence-corrected chi connectivity index (χ1v) is 16.0. The summed E-state index contributed by atoms with van der Waals surface area (Å²) in [7, 11) is 0. The molecule has 0 N–H and O–H groups in total. The fourth-order valence-electron chi connectivity index (χ4n) is 7.03. The van der Waals surface area contributed by atoms with Crippen LogP contribution in [0.15, 0.2) is 162 Å². The topological polar surface area (TPSA) is 56.7 Å². The molecule has 3 aromatic heterocycles. The summed E-state index contributed by atoms with van der Waals surface area (Å²) in [4.78, 5) is 15.2. The molecule has 0 saturated heterocycles. The lowest BCUT2D eigenvalue weighted by Gasteiger charge is -2.11. The third kappa shape index (κ3) is 4.08. The minimum Gasteiger partial charge on any atom is -0.455 e. The average Bonchev–Trinajstić information content (AvgIpc) is 3.71. The van der Waals surface area contributed by atoms with E-state index in [0.29, 0.717) is 17.6 Å². The molecule has 0 bridgehead atoms. The number of furan rings is 1. The summed E-state index contributed by atoms with van der Waals surface area (Å²) in [6, 6.07) is 54.4. The van der Waals surface area contributed by atoms with Crippen LogP contribution in [0.2, 0.25) is 0 Å². The number of nitrogens with zero attached hydrogens (tertiary/aromatic N) is 4. The van der Waals surface area contributed by atoms with E-state index in [1.165, 1.54) is 10.8 Å². The number of hydrogen-bond acceptors (Lipinski definition) is 4. The Balaban J connectivity index is 1.33. The highest BCUT2D eigenvalue weighted by Crippen LogP contribution is 2.43. The highest BCUT2D eigenvalue weighted by Gasteiger charge is 2.22. The van der Waals surface area contributed by atoms with Crippen LogP contribution in [0.5, 0.6) is 0 Å². The highest BCUT2D eigenvalue weighted by atomic mass is 16.3. The Morgan fingerprint density at radius 1 is 0.417 bits per heavy atom. The van der Waals surface area contributed by atoms with Gasteiger partial charge in [-0.2, -0.15) is 9.97 Å². The fraction of sp³-hybridized carbons (Fsp3) is 0. The molecule has 224 valence electrons. The summed E-state index contributed by atoms with van der Waals surface area (Å²) in [6.45, 7) is 0. The van der Waals surface area contributed by atoms with Gasteiger partial charge in [-0.15, -0.1) is 0 Å². The molecule has 0 unspecified atom stereocenters. The third-order valence-corrected chi connectivity index (χ3v) is 9.25. The highest BCUT2D eigenvalue weighted by molar-refractivity contribution is 6.28. The van der Waals surface area contributed by atoms with E-state index in [2.05, 4.69) is 95.6 Å². The van der Waals surface area contributed by atoms with Gasteiger partial charge in [0, 0.05) is 27.3 Å². The van der Waals surface area contributed by atoms with Crippen LogP contribution in [0.25, 0.3) is 94.4 Å². The third-order valence-electron chi connectivity index (χ3n) is 9.25. The molecule has 0 aliphatic heterocycles. The van der Waals surface area contributed by atoms with Crippen molar-refractivity contribution in [1.82, 2.24) is 19.5 Å². The first-order valence-electron chi connectivity index (χ1n) is 16.0. The van der Waals surface area contributed by atoms with Crippen LogP contribution in [0.1, 0.15) is 0 Å². The molecular weight excluding hydrogens is 589 g/mol. The molecule has 10 rings (SSSR count). The zero-order valence-corrected chi connectivity index (χ0v) is 25.7. The van der Waals surface area contributed by atoms with E-state index >= 15 is 0 Å². The van der Waals surface area contributed by atoms with Gasteiger partial charge < -0.3 is 4.42 Å². The first kappa shape index (κ1) is 26.6. The van der Waals surface area contributed by atoms with Crippen molar-refractivity contribution >= 4 is 54.5 Å². The molecule has 0 amide bonds. The standard InChI is InChI=1S/C43H26N4O/c1-4-12-27(13-5-1)31-20-23-35-34(26-31)39-36(24-22-33-38-32-19-11-10-14-28(32)21-25-37(38)48-40(33)39)47(35)43-45-41(29-15-6-2-7-16-29)44-42(46-43)30-17-8-3-9-18-30/h1-26H. The molecule has 0 atom stereocenters. The molecule has 0 fully saturated rings. The lowest BCUT2D eigenvalue weighted by atomic mass is 10.0. The fourth-order valence-corrected chi connectivity index (χ4v) is 7.03. The van der Waals surface area contributed by atoms with Crippen molar-refractivity contribution in [2.45, 2.75) is 0 Å². The number of hydrogen-bond donors (Lipinski definition) is 0. The van der Waals surface area contributed by atoms with Crippen LogP contribution in [0, 0.1) is 0 Å². The van der Waals surface area contributed by atoms with Crippen molar-refractivity contribution in [2.24, 2.45) is 0 Å². The van der Waals surface area contributed by atoms with E-state index in [9.17, 15) is 0 Å². The molecule has 48 heavy (non-hydrogen) atoms. The Morgan fingerprint density at radius 2 is 1.04 bits per heavy atom. The molecule has 5 nitrogen and oxygen atoms in total. The Kier molecular flexibility index (Phi) is 5.81. The predicted molar refractivity (Wildman–Crippen MR) is 195 cm³/mol. The molecule has 0 radical (unpaired) electrons. The second-order valence-electron chi connectivity index (χ2n) is 12.0. The number of benzene rings is 7. The van der Waals surface area contributed by atoms with E-state index < -0.39 is 0 Å². The predicted octanol–water partition coefficient (Wildman–Crippen LogP) is 11.0. The smallest absolute Gasteiger partial charge is 0.238 e. The summed E-state index contributed by atoms with van der Waals surface area (Å²) < 4.78 is 8.95. The van der Waals surface area contributed by atoms with Crippen molar-refractivity contribution in [3.8, 4) is 39.9 Å². The molecular formula is C43H26N4O. The van der Waals surface area contributed by atoms with Crippen molar-refractivity contribution in [3.63, 3.8) is 0 Å². The van der Waals surface area contributed by atoms with E-state index in [1.54, 1.807) is 0 Å². The maximum Gasteiger partial charge on any atom is 0.238 e. The van der Waals surface area contributed by atoms with Gasteiger partial charge in [-0.05, 0) is 52.2 Å². The van der Waals surface area contributed by atoms with Gasteiger partial charge in [0.15, 0.2) is 11.6 Å². The first-order chi connectivity index (χ1) is 23.8. The molecule has 0 saturated carbocycles. The summed E-state index contributed by atoms with van der Waals surface area (Å²) in [6.07, 6.45) is 0. The average molecular weight is 615 g/mol. The maximum atomic E-state index is 6.80.